The van der Waals surface area contributed by atoms with E-state index in [1.54, 1.807) is 7.05 Å². The predicted octanol–water partition coefficient (Wildman–Crippen LogP) is 5.17. The Morgan fingerprint density at radius 1 is 1.33 bits per heavy atom. The van der Waals surface area contributed by atoms with Crippen LogP contribution in [0.4, 0.5) is 5.82 Å². The normalized spacial score (nSPS) is 17.3. The maximum Gasteiger partial charge on any atom is 0.161 e. The van der Waals surface area contributed by atoms with Gasteiger partial charge in [-0.15, -0.1) is 0 Å². The van der Waals surface area contributed by atoms with Gasteiger partial charge in [-0.2, -0.15) is 0 Å². The van der Waals surface area contributed by atoms with Crippen LogP contribution >= 0.6 is 0 Å². The fraction of sp³-hybridized carbons (Fsp3) is 0.370. The van der Waals surface area contributed by atoms with Gasteiger partial charge in [0.1, 0.15) is 5.82 Å². The van der Waals surface area contributed by atoms with Gasteiger partial charge >= 0.3 is 0 Å². The molecule has 1 aromatic heterocycles. The number of aromatic nitrogens is 2. The van der Waals surface area contributed by atoms with Gasteiger partial charge in [0.05, 0.1) is 6.61 Å². The number of hydrogen-bond donors (Lipinski definition) is 1. The van der Waals surface area contributed by atoms with Crippen LogP contribution in [0, 0.1) is 5.92 Å². The van der Waals surface area contributed by atoms with Crippen LogP contribution in [-0.2, 0) is 4.74 Å². The molecule has 33 heavy (non-hydrogen) atoms. The van der Waals surface area contributed by atoms with Crippen molar-refractivity contribution in [2.45, 2.75) is 19.8 Å². The first-order valence-electron chi connectivity index (χ1n) is 11.4. The highest BCUT2D eigenvalue weighted by atomic mass is 16.5. The Labute approximate surface area is 197 Å². The van der Waals surface area contributed by atoms with Gasteiger partial charge in [0, 0.05) is 69.6 Å². The van der Waals surface area contributed by atoms with Crippen LogP contribution in [0.15, 0.2) is 60.4 Å². The first-order valence-corrected chi connectivity index (χ1v) is 11.4. The summed E-state index contributed by atoms with van der Waals surface area (Å²) in [5.41, 5.74) is 5.01. The molecule has 174 valence electrons. The number of ether oxygens (including phenoxy) is 1. The summed E-state index contributed by atoms with van der Waals surface area (Å²) in [6, 6.07) is 8.25. The summed E-state index contributed by atoms with van der Waals surface area (Å²) in [5.74, 6) is 1.98. The molecule has 1 saturated heterocycles. The molecule has 1 N–H and O–H groups in total. The standard InChI is InChI=1S/C27H35N5O/c1-6-21(16-28-3)25-17-30-26(31-27(25)29-15-20-10-9-13-33-19-20)24-12-8-11-23(14-24)22(7-2)18-32(4)5/h6-8,11-12,14,16-18,20H,2,9-10,13,15,19H2,1,3-5H3,(H,29,30,31)/b21-6+,22-18+,28-16?. The molecule has 1 atom stereocenters. The predicted molar refractivity (Wildman–Crippen MR) is 139 cm³/mol. The smallest absolute Gasteiger partial charge is 0.161 e. The van der Waals surface area contributed by atoms with E-state index in [0.717, 1.165) is 66.3 Å². The summed E-state index contributed by atoms with van der Waals surface area (Å²) < 4.78 is 5.65. The van der Waals surface area contributed by atoms with Gasteiger partial charge in [0.2, 0.25) is 0 Å². The van der Waals surface area contributed by atoms with Crippen molar-refractivity contribution >= 4 is 23.2 Å². The fourth-order valence-corrected chi connectivity index (χ4v) is 3.88. The van der Waals surface area contributed by atoms with Crippen LogP contribution in [-0.4, -0.2) is 62.0 Å². The van der Waals surface area contributed by atoms with E-state index in [-0.39, 0.29) is 0 Å². The van der Waals surface area contributed by atoms with Crippen LogP contribution in [0.1, 0.15) is 30.9 Å². The van der Waals surface area contributed by atoms with E-state index in [1.807, 2.05) is 62.6 Å². The van der Waals surface area contributed by atoms with Gasteiger partial charge < -0.3 is 15.0 Å². The number of hydrogen-bond acceptors (Lipinski definition) is 6. The topological polar surface area (TPSA) is 62.6 Å². The summed E-state index contributed by atoms with van der Waals surface area (Å²) in [5, 5.41) is 3.57. The fourth-order valence-electron chi connectivity index (χ4n) is 3.88. The second kappa shape index (κ2) is 12.1. The second-order valence-electron chi connectivity index (χ2n) is 8.38. The van der Waals surface area contributed by atoms with E-state index in [9.17, 15) is 0 Å². The van der Waals surface area contributed by atoms with Crippen molar-refractivity contribution in [3.8, 4) is 11.4 Å². The summed E-state index contributed by atoms with van der Waals surface area (Å²) in [6.45, 7) is 8.44. The molecule has 0 bridgehead atoms. The SMILES string of the molecule is C=C/C(=C\N(C)C)c1cccc(-c2ncc(/C(C=NC)=C/C)c(NCC3CCCOC3)n2)c1. The number of rotatable bonds is 9. The quantitative estimate of drug-likeness (QED) is 0.426. The molecule has 1 aliphatic rings. The second-order valence-corrected chi connectivity index (χ2v) is 8.38. The molecule has 6 heteroatoms. The van der Waals surface area contributed by atoms with Gasteiger partial charge in [-0.1, -0.05) is 36.9 Å². The zero-order chi connectivity index (χ0) is 23.6. The van der Waals surface area contributed by atoms with Crippen molar-refractivity contribution in [3.63, 3.8) is 0 Å². The van der Waals surface area contributed by atoms with Crippen LogP contribution in [0.2, 0.25) is 0 Å². The van der Waals surface area contributed by atoms with Gasteiger partial charge in [-0.3, -0.25) is 4.99 Å². The Bertz CT molecular complexity index is 1030. The van der Waals surface area contributed by atoms with Gasteiger partial charge in [0.15, 0.2) is 5.82 Å². The zero-order valence-corrected chi connectivity index (χ0v) is 20.2. The van der Waals surface area contributed by atoms with Crippen molar-refractivity contribution in [1.29, 1.82) is 0 Å². The molecule has 0 amide bonds. The van der Waals surface area contributed by atoms with Crippen LogP contribution in [0.5, 0.6) is 0 Å². The Kier molecular flexibility index (Phi) is 8.95. The lowest BCUT2D eigenvalue weighted by molar-refractivity contribution is 0.0595. The third-order valence-corrected chi connectivity index (χ3v) is 5.56. The summed E-state index contributed by atoms with van der Waals surface area (Å²) >= 11 is 0. The molecule has 0 aliphatic carbocycles. The van der Waals surface area contributed by atoms with Crippen molar-refractivity contribution < 1.29 is 4.74 Å². The Morgan fingerprint density at radius 3 is 2.85 bits per heavy atom. The van der Waals surface area contributed by atoms with E-state index < -0.39 is 0 Å². The van der Waals surface area contributed by atoms with Crippen LogP contribution in [0.25, 0.3) is 22.5 Å². The summed E-state index contributed by atoms with van der Waals surface area (Å²) in [7, 11) is 5.78. The average molecular weight is 446 g/mol. The summed E-state index contributed by atoms with van der Waals surface area (Å²) in [6.07, 6.45) is 11.9. The van der Waals surface area contributed by atoms with E-state index in [4.69, 9.17) is 14.7 Å². The van der Waals surface area contributed by atoms with E-state index >= 15 is 0 Å². The lowest BCUT2D eigenvalue weighted by Gasteiger charge is -2.23. The number of benzene rings is 1. The lowest BCUT2D eigenvalue weighted by Crippen LogP contribution is -2.25. The minimum Gasteiger partial charge on any atom is -0.383 e. The van der Waals surface area contributed by atoms with Crippen LogP contribution in [0.3, 0.4) is 0 Å². The first-order chi connectivity index (χ1) is 16.0. The average Bonchev–Trinajstić information content (AvgIpc) is 2.85. The molecule has 1 aromatic carbocycles. The molecule has 0 spiro atoms. The number of aliphatic imine (C=N–C) groups is 1. The van der Waals surface area contributed by atoms with Gasteiger partial charge in [-0.05, 0) is 42.9 Å². The highest BCUT2D eigenvalue weighted by Gasteiger charge is 2.17. The third kappa shape index (κ3) is 6.62. The van der Waals surface area contributed by atoms with E-state index in [0.29, 0.717) is 11.7 Å². The van der Waals surface area contributed by atoms with Crippen molar-refractivity contribution in [3.05, 3.63) is 66.5 Å². The Morgan fingerprint density at radius 2 is 2.18 bits per heavy atom. The molecule has 1 aliphatic heterocycles. The molecule has 6 nitrogen and oxygen atoms in total. The monoisotopic (exact) mass is 445 g/mol. The van der Waals surface area contributed by atoms with Gasteiger partial charge in [-0.25, -0.2) is 9.97 Å². The largest absolute Gasteiger partial charge is 0.383 e. The molecular weight excluding hydrogens is 410 g/mol. The summed E-state index contributed by atoms with van der Waals surface area (Å²) in [4.78, 5) is 15.9. The Balaban J connectivity index is 1.97. The molecule has 2 heterocycles. The van der Waals surface area contributed by atoms with Gasteiger partial charge in [0.25, 0.3) is 0 Å². The molecule has 0 saturated carbocycles. The van der Waals surface area contributed by atoms with Crippen molar-refractivity contribution in [2.75, 3.05) is 46.2 Å². The maximum absolute atomic E-state index is 5.65. The number of allylic oxidation sites excluding steroid dienone is 4. The molecule has 3 rings (SSSR count). The first kappa shape index (κ1) is 24.4. The maximum atomic E-state index is 5.65. The number of anilines is 1. The highest BCUT2D eigenvalue weighted by molar-refractivity contribution is 6.11. The van der Waals surface area contributed by atoms with E-state index in [2.05, 4.69) is 35.2 Å². The third-order valence-electron chi connectivity index (χ3n) is 5.56. The number of nitrogens with one attached hydrogen (secondary N) is 1. The molecular formula is C27H35N5O. The van der Waals surface area contributed by atoms with Crippen molar-refractivity contribution in [1.82, 2.24) is 14.9 Å². The molecule has 1 fully saturated rings. The molecule has 0 radical (unpaired) electrons. The minimum atomic E-state index is 0.480. The van der Waals surface area contributed by atoms with Crippen molar-refractivity contribution in [2.24, 2.45) is 10.9 Å². The number of nitrogens with zero attached hydrogens (tertiary/aromatic N) is 4. The lowest BCUT2D eigenvalue weighted by atomic mass is 10.0. The molecule has 1 unspecified atom stereocenters. The van der Waals surface area contributed by atoms with Crippen LogP contribution < -0.4 is 5.32 Å². The highest BCUT2D eigenvalue weighted by Crippen LogP contribution is 2.27. The zero-order valence-electron chi connectivity index (χ0n) is 20.2. The molecule has 2 aromatic rings. The minimum absolute atomic E-state index is 0.480. The Hall–Kier alpha value is -3.25. The van der Waals surface area contributed by atoms with E-state index in [1.165, 1.54) is 0 Å².